The molecule has 0 bridgehead atoms. The van der Waals surface area contributed by atoms with Crippen LogP contribution in [0.1, 0.15) is 44.9 Å². The lowest BCUT2D eigenvalue weighted by Crippen LogP contribution is -2.29. The first-order valence-electron chi connectivity index (χ1n) is 11.0. The fourth-order valence-electron chi connectivity index (χ4n) is 4.38. The predicted octanol–water partition coefficient (Wildman–Crippen LogP) is 4.91. The van der Waals surface area contributed by atoms with Gasteiger partial charge in [0.05, 0.1) is 34.4 Å². The van der Waals surface area contributed by atoms with Gasteiger partial charge in [-0.15, -0.1) is 0 Å². The van der Waals surface area contributed by atoms with Gasteiger partial charge in [-0.1, -0.05) is 42.5 Å². The van der Waals surface area contributed by atoms with E-state index in [0.717, 1.165) is 5.56 Å². The van der Waals surface area contributed by atoms with Crippen molar-refractivity contribution >= 4 is 23.3 Å². The van der Waals surface area contributed by atoms with E-state index in [-0.39, 0.29) is 23.9 Å². The topological polar surface area (TPSA) is 118 Å². The van der Waals surface area contributed by atoms with Gasteiger partial charge in [0.25, 0.3) is 11.6 Å². The Balaban J connectivity index is 1.69. The number of nitro benzene ring substituents is 1. The zero-order valence-corrected chi connectivity index (χ0v) is 18.7. The zero-order valence-electron chi connectivity index (χ0n) is 18.7. The highest BCUT2D eigenvalue weighted by Gasteiger charge is 2.45. The SMILES string of the molecule is CCOC(=O)c1ccc(N2C(=O)c3[nH]nc(-c4ccccc4)c3C2c2ccccc2[N+](=O)[O-])cc1. The molecule has 2 heterocycles. The third-order valence-corrected chi connectivity index (χ3v) is 5.90. The van der Waals surface area contributed by atoms with E-state index >= 15 is 0 Å². The summed E-state index contributed by atoms with van der Waals surface area (Å²) in [4.78, 5) is 38.7. The molecule has 0 saturated heterocycles. The highest BCUT2D eigenvalue weighted by Crippen LogP contribution is 2.47. The lowest BCUT2D eigenvalue weighted by atomic mass is 9.94. The number of para-hydroxylation sites is 1. The molecule has 0 fully saturated rings. The highest BCUT2D eigenvalue weighted by molar-refractivity contribution is 6.12. The number of aromatic nitrogens is 2. The Labute approximate surface area is 200 Å². The molecule has 9 heteroatoms. The highest BCUT2D eigenvalue weighted by atomic mass is 16.6. The van der Waals surface area contributed by atoms with E-state index < -0.39 is 16.9 Å². The number of aromatic amines is 1. The van der Waals surface area contributed by atoms with Crippen LogP contribution >= 0.6 is 0 Å². The molecular weight excluding hydrogens is 448 g/mol. The van der Waals surface area contributed by atoms with E-state index in [0.29, 0.717) is 28.1 Å². The van der Waals surface area contributed by atoms with Gasteiger partial charge in [-0.3, -0.25) is 24.9 Å². The minimum Gasteiger partial charge on any atom is -0.462 e. The van der Waals surface area contributed by atoms with Crippen LogP contribution in [0.4, 0.5) is 11.4 Å². The molecule has 1 aromatic heterocycles. The Morgan fingerprint density at radius 1 is 1.06 bits per heavy atom. The summed E-state index contributed by atoms with van der Waals surface area (Å²) in [5.74, 6) is -0.843. The number of hydrogen-bond acceptors (Lipinski definition) is 6. The first-order chi connectivity index (χ1) is 17.0. The van der Waals surface area contributed by atoms with Crippen LogP contribution in [0.2, 0.25) is 0 Å². The molecule has 3 aromatic carbocycles. The van der Waals surface area contributed by atoms with Gasteiger partial charge in [-0.2, -0.15) is 5.10 Å². The van der Waals surface area contributed by atoms with Gasteiger partial charge in [-0.05, 0) is 37.3 Å². The van der Waals surface area contributed by atoms with Crippen LogP contribution in [0.5, 0.6) is 0 Å². The van der Waals surface area contributed by atoms with Gasteiger partial charge in [0.2, 0.25) is 0 Å². The Kier molecular flexibility index (Phi) is 5.58. The summed E-state index contributed by atoms with van der Waals surface area (Å²) in [5, 5.41) is 19.2. The van der Waals surface area contributed by atoms with Crippen LogP contribution in [0.25, 0.3) is 11.3 Å². The van der Waals surface area contributed by atoms with E-state index in [1.807, 2.05) is 30.3 Å². The Hall–Kier alpha value is -4.79. The molecule has 0 radical (unpaired) electrons. The van der Waals surface area contributed by atoms with Crippen LogP contribution in [-0.2, 0) is 4.74 Å². The van der Waals surface area contributed by atoms with Gasteiger partial charge in [0.1, 0.15) is 5.69 Å². The average molecular weight is 468 g/mol. The van der Waals surface area contributed by atoms with Gasteiger partial charge < -0.3 is 4.74 Å². The summed E-state index contributed by atoms with van der Waals surface area (Å²) in [6, 6.07) is 21.3. The van der Waals surface area contributed by atoms with Crippen LogP contribution < -0.4 is 4.90 Å². The number of nitro groups is 1. The number of anilines is 1. The van der Waals surface area contributed by atoms with Crippen molar-refractivity contribution in [2.24, 2.45) is 0 Å². The summed E-state index contributed by atoms with van der Waals surface area (Å²) in [5.41, 5.74) is 3.23. The maximum Gasteiger partial charge on any atom is 0.338 e. The molecule has 0 spiro atoms. The lowest BCUT2D eigenvalue weighted by Gasteiger charge is -2.26. The van der Waals surface area contributed by atoms with Gasteiger partial charge in [0.15, 0.2) is 0 Å². The number of amides is 1. The van der Waals surface area contributed by atoms with Crippen LogP contribution in [0, 0.1) is 10.1 Å². The predicted molar refractivity (Wildman–Crippen MR) is 128 cm³/mol. The number of nitrogens with one attached hydrogen (secondary N) is 1. The van der Waals surface area contributed by atoms with E-state index in [4.69, 9.17) is 4.74 Å². The molecule has 1 aliphatic rings. The normalized spacial score (nSPS) is 14.6. The number of carbonyl (C=O) groups excluding carboxylic acids is 2. The van der Waals surface area contributed by atoms with Crippen molar-refractivity contribution in [1.29, 1.82) is 0 Å². The van der Waals surface area contributed by atoms with Crippen molar-refractivity contribution in [3.8, 4) is 11.3 Å². The number of H-pyrrole nitrogens is 1. The van der Waals surface area contributed by atoms with Crippen molar-refractivity contribution in [3.63, 3.8) is 0 Å². The fourth-order valence-corrected chi connectivity index (χ4v) is 4.38. The molecule has 1 N–H and O–H groups in total. The Bertz CT molecular complexity index is 1430. The molecule has 1 unspecified atom stereocenters. The number of ether oxygens (including phenoxy) is 1. The lowest BCUT2D eigenvalue weighted by molar-refractivity contribution is -0.385. The smallest absolute Gasteiger partial charge is 0.338 e. The van der Waals surface area contributed by atoms with Gasteiger partial charge in [-0.25, -0.2) is 4.79 Å². The number of benzene rings is 3. The number of fused-ring (bicyclic) bond motifs is 1. The number of hydrogen-bond donors (Lipinski definition) is 1. The molecule has 35 heavy (non-hydrogen) atoms. The fraction of sp³-hybridized carbons (Fsp3) is 0.115. The summed E-state index contributed by atoms with van der Waals surface area (Å²) in [7, 11) is 0. The molecule has 174 valence electrons. The molecule has 5 rings (SSSR count). The summed E-state index contributed by atoms with van der Waals surface area (Å²) in [6.07, 6.45) is 0. The van der Waals surface area contributed by atoms with E-state index in [9.17, 15) is 19.7 Å². The third-order valence-electron chi connectivity index (χ3n) is 5.90. The van der Waals surface area contributed by atoms with Crippen LogP contribution in [0.15, 0.2) is 78.9 Å². The zero-order chi connectivity index (χ0) is 24.5. The van der Waals surface area contributed by atoms with Crippen molar-refractivity contribution in [1.82, 2.24) is 10.2 Å². The van der Waals surface area contributed by atoms with E-state index in [2.05, 4.69) is 10.2 Å². The molecule has 1 atom stereocenters. The Morgan fingerprint density at radius 3 is 2.43 bits per heavy atom. The van der Waals surface area contributed by atoms with Gasteiger partial charge >= 0.3 is 5.97 Å². The average Bonchev–Trinajstić information content (AvgIpc) is 3.43. The van der Waals surface area contributed by atoms with Crippen molar-refractivity contribution in [2.75, 3.05) is 11.5 Å². The molecule has 0 saturated carbocycles. The second-order valence-electron chi connectivity index (χ2n) is 7.89. The molecular formula is C26H20N4O5. The first-order valence-corrected chi connectivity index (χ1v) is 11.0. The minimum absolute atomic E-state index is 0.105. The molecule has 9 nitrogen and oxygen atoms in total. The van der Waals surface area contributed by atoms with Crippen LogP contribution in [0.3, 0.4) is 0 Å². The second kappa shape index (κ2) is 8.86. The number of nitrogens with zero attached hydrogens (tertiary/aromatic N) is 3. The Morgan fingerprint density at radius 2 is 1.74 bits per heavy atom. The van der Waals surface area contributed by atoms with Crippen molar-refractivity contribution in [3.05, 3.63) is 111 Å². The molecule has 1 aliphatic heterocycles. The largest absolute Gasteiger partial charge is 0.462 e. The number of carbonyl (C=O) groups is 2. The van der Waals surface area contributed by atoms with Gasteiger partial charge in [0, 0.05) is 22.9 Å². The molecule has 1 amide bonds. The maximum atomic E-state index is 13.6. The third kappa shape index (κ3) is 3.72. The number of rotatable bonds is 6. The standard InChI is InChI=1S/C26H20N4O5/c1-2-35-26(32)17-12-14-18(15-13-17)29-24(19-10-6-7-11-20(19)30(33)34)21-22(16-8-4-3-5-9-16)27-28-23(21)25(29)31/h3-15,24H,2H2,1H3,(H,27,28). The van der Waals surface area contributed by atoms with Crippen molar-refractivity contribution in [2.45, 2.75) is 13.0 Å². The molecule has 4 aromatic rings. The second-order valence-corrected chi connectivity index (χ2v) is 7.89. The maximum absolute atomic E-state index is 13.6. The first kappa shape index (κ1) is 22.0. The summed E-state index contributed by atoms with van der Waals surface area (Å²) < 4.78 is 5.04. The molecule has 0 aliphatic carbocycles. The number of esters is 1. The van der Waals surface area contributed by atoms with Crippen LogP contribution in [-0.4, -0.2) is 33.6 Å². The monoisotopic (exact) mass is 468 g/mol. The quantitative estimate of drug-likeness (QED) is 0.244. The van der Waals surface area contributed by atoms with E-state index in [1.165, 1.54) is 11.0 Å². The minimum atomic E-state index is -0.804. The van der Waals surface area contributed by atoms with Crippen molar-refractivity contribution < 1.29 is 19.2 Å². The van der Waals surface area contributed by atoms with E-state index in [1.54, 1.807) is 49.4 Å². The summed E-state index contributed by atoms with van der Waals surface area (Å²) in [6.45, 7) is 1.97. The summed E-state index contributed by atoms with van der Waals surface area (Å²) >= 11 is 0.